The highest BCUT2D eigenvalue weighted by Crippen LogP contribution is 2.28. The van der Waals surface area contributed by atoms with Crippen molar-refractivity contribution >= 4 is 26.3 Å². The molecule has 0 aliphatic heterocycles. The van der Waals surface area contributed by atoms with Gasteiger partial charge in [0.05, 0.1) is 9.47 Å². The zero-order valence-electron chi connectivity index (χ0n) is 5.95. The largest absolute Gasteiger partial charge is 0.504 e. The lowest BCUT2D eigenvalue weighted by Gasteiger charge is -2.02. The van der Waals surface area contributed by atoms with Gasteiger partial charge < -0.3 is 9.63 Å². The summed E-state index contributed by atoms with van der Waals surface area (Å²) in [5, 5.41) is 8.54. The number of hydrogen-bond acceptors (Lipinski definition) is 3. The van der Waals surface area contributed by atoms with Crippen molar-refractivity contribution in [2.24, 2.45) is 0 Å². The van der Waals surface area contributed by atoms with E-state index in [0.29, 0.717) is 0 Å². The molecule has 0 aliphatic rings. The normalized spacial score (nSPS) is 9.50. The van der Waals surface area contributed by atoms with Crippen molar-refractivity contribution in [3.8, 4) is 11.5 Å². The van der Waals surface area contributed by atoms with Crippen LogP contribution in [0.15, 0.2) is 18.2 Å². The van der Waals surface area contributed by atoms with Gasteiger partial charge in [-0.1, -0.05) is 0 Å². The van der Waals surface area contributed by atoms with Crippen LogP contribution < -0.4 is 4.52 Å². The lowest BCUT2D eigenvalue weighted by atomic mass is 10.2. The van der Waals surface area contributed by atoms with Crippen LogP contribution in [0.1, 0.15) is 10.4 Å². The molecule has 1 atom stereocenters. The molecule has 0 saturated heterocycles. The Bertz CT molecular complexity index is 314. The van der Waals surface area contributed by atoms with Crippen LogP contribution in [0.25, 0.3) is 0 Å². The summed E-state index contributed by atoms with van der Waals surface area (Å²) in [6.07, 6.45) is 0. The predicted octanol–water partition coefficient (Wildman–Crippen LogP) is 1.94. The van der Waals surface area contributed by atoms with Gasteiger partial charge in [0.1, 0.15) is 0 Å². The molecule has 1 aromatic rings. The third-order valence-corrected chi connectivity index (χ3v) is 1.79. The van der Waals surface area contributed by atoms with Crippen LogP contribution in [0, 0.1) is 0 Å². The van der Waals surface area contributed by atoms with Gasteiger partial charge in [0, 0.05) is 5.56 Å². The Kier molecular flexibility index (Phi) is 2.90. The van der Waals surface area contributed by atoms with E-state index >= 15 is 0 Å². The second kappa shape index (κ2) is 3.74. The Balaban J connectivity index is 3.13. The van der Waals surface area contributed by atoms with Gasteiger partial charge in [-0.15, -0.1) is 0 Å². The van der Waals surface area contributed by atoms with Crippen molar-refractivity contribution in [2.75, 3.05) is 0 Å². The number of aromatic hydroxyl groups is 1. The van der Waals surface area contributed by atoms with Crippen LogP contribution in [0.4, 0.5) is 0 Å². The van der Waals surface area contributed by atoms with Gasteiger partial charge >= 0.3 is 0 Å². The smallest absolute Gasteiger partial charge is 0.252 e. The van der Waals surface area contributed by atoms with Gasteiger partial charge in [-0.2, -0.15) is 0 Å². The summed E-state index contributed by atoms with van der Waals surface area (Å²) < 4.78 is 4.69. The van der Waals surface area contributed by atoms with Crippen LogP contribution in [-0.4, -0.2) is 10.3 Å². The van der Waals surface area contributed by atoms with Crippen LogP contribution in [0.3, 0.4) is 0 Å². The standard InChI is InChI=1S/C7H6ClO3P/c8-7(10)4-1-2-5(9)6(3-4)11-12/h1-3,9H,12H2. The summed E-state index contributed by atoms with van der Waals surface area (Å²) in [4.78, 5) is 10.6. The molecule has 0 fully saturated rings. The molecule has 12 heavy (non-hydrogen) atoms. The molecule has 1 unspecified atom stereocenters. The summed E-state index contributed by atoms with van der Waals surface area (Å²) in [6, 6.07) is 4.12. The van der Waals surface area contributed by atoms with E-state index in [1.165, 1.54) is 18.2 Å². The van der Waals surface area contributed by atoms with E-state index in [0.717, 1.165) is 0 Å². The molecule has 0 spiro atoms. The van der Waals surface area contributed by atoms with Gasteiger partial charge in [0.25, 0.3) is 5.24 Å². The molecule has 1 rings (SSSR count). The van der Waals surface area contributed by atoms with E-state index in [2.05, 4.69) is 0 Å². The summed E-state index contributed by atoms with van der Waals surface area (Å²) in [6.45, 7) is 0. The van der Waals surface area contributed by atoms with Crippen molar-refractivity contribution in [1.82, 2.24) is 0 Å². The molecule has 0 aliphatic carbocycles. The minimum absolute atomic E-state index is 0.0355. The van der Waals surface area contributed by atoms with Gasteiger partial charge in [0.15, 0.2) is 11.5 Å². The highest BCUT2D eigenvalue weighted by Gasteiger charge is 2.06. The molecular formula is C7H6ClO3P. The average Bonchev–Trinajstić information content (AvgIpc) is 2.05. The second-order valence-corrected chi connectivity index (χ2v) is 2.65. The van der Waals surface area contributed by atoms with Gasteiger partial charge in [-0.25, -0.2) is 0 Å². The Morgan fingerprint density at radius 3 is 2.75 bits per heavy atom. The summed E-state index contributed by atoms with van der Waals surface area (Å²) in [5.41, 5.74) is 0.284. The molecule has 0 saturated carbocycles. The maximum Gasteiger partial charge on any atom is 0.252 e. The highest BCUT2D eigenvalue weighted by atomic mass is 35.5. The number of hydrogen-bond donors (Lipinski definition) is 1. The highest BCUT2D eigenvalue weighted by molar-refractivity contribution is 7.10. The van der Waals surface area contributed by atoms with E-state index in [9.17, 15) is 4.79 Å². The molecule has 3 nitrogen and oxygen atoms in total. The number of halogens is 1. The molecule has 64 valence electrons. The van der Waals surface area contributed by atoms with E-state index < -0.39 is 5.24 Å². The quantitative estimate of drug-likeness (QED) is 0.592. The molecule has 1 aromatic carbocycles. The number of benzene rings is 1. The number of phenols is 1. The number of phenolic OH excluding ortho intramolecular Hbond substituents is 1. The molecule has 0 amide bonds. The van der Waals surface area contributed by atoms with E-state index in [4.69, 9.17) is 21.2 Å². The Morgan fingerprint density at radius 1 is 1.58 bits per heavy atom. The maximum absolute atomic E-state index is 10.6. The average molecular weight is 205 g/mol. The minimum atomic E-state index is -0.585. The summed E-state index contributed by atoms with van der Waals surface area (Å²) in [7, 11) is 1.97. The molecule has 0 aromatic heterocycles. The third kappa shape index (κ3) is 1.87. The number of carbonyl (C=O) groups excluding carboxylic acids is 1. The number of rotatable bonds is 2. The Labute approximate surface area is 76.6 Å². The lowest BCUT2D eigenvalue weighted by molar-refractivity contribution is 0.108. The van der Waals surface area contributed by atoms with Gasteiger partial charge in [-0.3, -0.25) is 4.79 Å². The lowest BCUT2D eigenvalue weighted by Crippen LogP contribution is -1.88. The molecule has 1 N–H and O–H groups in total. The SMILES string of the molecule is O=C(Cl)c1ccc(O)c(OP)c1. The van der Waals surface area contributed by atoms with Crippen molar-refractivity contribution < 1.29 is 14.4 Å². The number of carbonyl (C=O) groups is 1. The van der Waals surface area contributed by atoms with Crippen LogP contribution in [-0.2, 0) is 0 Å². The first-order chi connectivity index (χ1) is 5.65. The fraction of sp³-hybridized carbons (Fsp3) is 0. The van der Waals surface area contributed by atoms with Gasteiger partial charge in [-0.05, 0) is 29.8 Å². The maximum atomic E-state index is 10.6. The van der Waals surface area contributed by atoms with Crippen molar-refractivity contribution in [1.29, 1.82) is 0 Å². The first kappa shape index (κ1) is 9.30. The third-order valence-electron chi connectivity index (χ3n) is 1.31. The summed E-state index contributed by atoms with van der Waals surface area (Å²) in [5.74, 6) is 0.165. The zero-order chi connectivity index (χ0) is 9.14. The van der Waals surface area contributed by atoms with Crippen LogP contribution in [0.2, 0.25) is 0 Å². The van der Waals surface area contributed by atoms with Crippen molar-refractivity contribution in [2.45, 2.75) is 0 Å². The fourth-order valence-electron chi connectivity index (χ4n) is 0.731. The van der Waals surface area contributed by atoms with E-state index in [-0.39, 0.29) is 17.1 Å². The molecule has 0 bridgehead atoms. The minimum Gasteiger partial charge on any atom is -0.504 e. The molecular weight excluding hydrogens is 199 g/mol. The molecule has 0 radical (unpaired) electrons. The van der Waals surface area contributed by atoms with Crippen LogP contribution in [0.5, 0.6) is 11.5 Å². The monoisotopic (exact) mass is 204 g/mol. The van der Waals surface area contributed by atoms with E-state index in [1.807, 2.05) is 9.47 Å². The molecule has 0 heterocycles. The van der Waals surface area contributed by atoms with Crippen molar-refractivity contribution in [3.63, 3.8) is 0 Å². The first-order valence-electron chi connectivity index (χ1n) is 3.04. The fourth-order valence-corrected chi connectivity index (χ4v) is 1.04. The summed E-state index contributed by atoms with van der Waals surface area (Å²) >= 11 is 5.20. The van der Waals surface area contributed by atoms with E-state index in [1.54, 1.807) is 0 Å². The van der Waals surface area contributed by atoms with Crippen LogP contribution >= 0.6 is 21.1 Å². The van der Waals surface area contributed by atoms with Crippen molar-refractivity contribution in [3.05, 3.63) is 23.8 Å². The second-order valence-electron chi connectivity index (χ2n) is 2.07. The molecule has 5 heteroatoms. The predicted molar refractivity (Wildman–Crippen MR) is 48.6 cm³/mol. The Hall–Kier alpha value is -0.790. The topological polar surface area (TPSA) is 46.5 Å². The zero-order valence-corrected chi connectivity index (χ0v) is 7.86. The van der Waals surface area contributed by atoms with Gasteiger partial charge in [0.2, 0.25) is 0 Å². The first-order valence-corrected chi connectivity index (χ1v) is 3.89. The Morgan fingerprint density at radius 2 is 2.25 bits per heavy atom.